The number of aliphatic hydroxyl groups excluding tert-OH is 1. The fraction of sp³-hybridized carbons (Fsp3) is 1.00. The minimum atomic E-state index is -0.135. The smallest absolute Gasteiger partial charge is 0.0679 e. The Balaban J connectivity index is 0. The van der Waals surface area contributed by atoms with Crippen molar-refractivity contribution in [3.63, 3.8) is 0 Å². The highest BCUT2D eigenvalue weighted by atomic mass is 35.5. The molecule has 1 atom stereocenters. The molecule has 3 N–H and O–H groups in total. The number of nitrogens with two attached hydrogens (primary N) is 1. The van der Waals surface area contributed by atoms with E-state index in [1.54, 1.807) is 0 Å². The first-order chi connectivity index (χ1) is 4.97. The average molecular weight is 231 g/mol. The first-order valence-electron chi connectivity index (χ1n) is 4.17. The lowest BCUT2D eigenvalue weighted by Crippen LogP contribution is -2.44. The molecule has 0 saturated carbocycles. The molecule has 0 unspecified atom stereocenters. The molecule has 0 amide bonds. The van der Waals surface area contributed by atoms with E-state index >= 15 is 0 Å². The molecule has 0 aromatic carbocycles. The second-order valence-corrected chi connectivity index (χ2v) is 4.17. The van der Waals surface area contributed by atoms with Crippen molar-refractivity contribution in [1.29, 1.82) is 0 Å². The third kappa shape index (κ3) is 6.52. The van der Waals surface area contributed by atoms with E-state index in [-0.39, 0.29) is 36.5 Å². The molecule has 5 heteroatoms. The van der Waals surface area contributed by atoms with Gasteiger partial charge in [-0.15, -0.1) is 24.8 Å². The van der Waals surface area contributed by atoms with Crippen LogP contribution >= 0.6 is 24.8 Å². The predicted octanol–water partition coefficient (Wildman–Crippen LogP) is 0.634. The zero-order valence-corrected chi connectivity index (χ0v) is 9.83. The molecule has 1 rings (SSSR count). The Morgan fingerprint density at radius 2 is 2.00 bits per heavy atom. The lowest BCUT2D eigenvalue weighted by atomic mass is 10.1. The summed E-state index contributed by atoms with van der Waals surface area (Å²) >= 11 is 0. The van der Waals surface area contributed by atoms with Crippen molar-refractivity contribution in [2.75, 3.05) is 19.6 Å². The van der Waals surface area contributed by atoms with Crippen molar-refractivity contribution in [3.05, 3.63) is 0 Å². The third-order valence-electron chi connectivity index (χ3n) is 1.88. The minimum Gasteiger partial charge on any atom is -0.392 e. The van der Waals surface area contributed by atoms with Gasteiger partial charge in [-0.2, -0.15) is 0 Å². The molecular formula is C8H20Cl2N2O. The normalized spacial score (nSPS) is 23.5. The topological polar surface area (TPSA) is 49.5 Å². The Labute approximate surface area is 92.5 Å². The average Bonchev–Trinajstić information content (AvgIpc) is 2.10. The Bertz CT molecular complexity index is 139. The van der Waals surface area contributed by atoms with Crippen LogP contribution in [0.4, 0.5) is 0 Å². The lowest BCUT2D eigenvalue weighted by Gasteiger charge is -2.25. The molecule has 0 radical (unpaired) electrons. The maximum Gasteiger partial charge on any atom is 0.0679 e. The van der Waals surface area contributed by atoms with Gasteiger partial charge < -0.3 is 10.8 Å². The predicted molar refractivity (Wildman–Crippen MR) is 59.8 cm³/mol. The van der Waals surface area contributed by atoms with Crippen molar-refractivity contribution < 1.29 is 5.11 Å². The van der Waals surface area contributed by atoms with Crippen LogP contribution in [0.25, 0.3) is 0 Å². The summed E-state index contributed by atoms with van der Waals surface area (Å²) in [6.45, 7) is 6.68. The summed E-state index contributed by atoms with van der Waals surface area (Å²) in [7, 11) is 0. The fourth-order valence-corrected chi connectivity index (χ4v) is 1.53. The highest BCUT2D eigenvalue weighted by Gasteiger charge is 2.24. The second-order valence-electron chi connectivity index (χ2n) is 4.17. The van der Waals surface area contributed by atoms with Gasteiger partial charge in [0, 0.05) is 25.2 Å². The van der Waals surface area contributed by atoms with E-state index in [2.05, 4.69) is 4.90 Å². The Hall–Kier alpha value is 0.460. The van der Waals surface area contributed by atoms with Crippen LogP contribution in [0, 0.1) is 0 Å². The first kappa shape index (κ1) is 15.9. The number of hydrogen-bond acceptors (Lipinski definition) is 3. The van der Waals surface area contributed by atoms with E-state index in [0.717, 1.165) is 26.1 Å². The van der Waals surface area contributed by atoms with Gasteiger partial charge in [0.25, 0.3) is 0 Å². The van der Waals surface area contributed by atoms with Crippen molar-refractivity contribution >= 4 is 24.8 Å². The first-order valence-corrected chi connectivity index (χ1v) is 4.17. The molecule has 0 aromatic rings. The molecule has 1 heterocycles. The summed E-state index contributed by atoms with van der Waals surface area (Å²) in [6.07, 6.45) is 0.771. The van der Waals surface area contributed by atoms with Crippen molar-refractivity contribution in [1.82, 2.24) is 4.90 Å². The SMILES string of the molecule is CC(C)(N)CN1CC[C@@H](O)C1.Cl.Cl. The van der Waals surface area contributed by atoms with Gasteiger partial charge in [-0.1, -0.05) is 0 Å². The minimum absolute atomic E-state index is 0. The molecule has 1 saturated heterocycles. The van der Waals surface area contributed by atoms with Crippen LogP contribution in [0.1, 0.15) is 20.3 Å². The highest BCUT2D eigenvalue weighted by molar-refractivity contribution is 5.85. The molecule has 1 aliphatic heterocycles. The monoisotopic (exact) mass is 230 g/mol. The molecule has 13 heavy (non-hydrogen) atoms. The number of β-amino-alcohol motifs (C(OH)–C–C–N with tert-alkyl or cyclic N) is 1. The molecule has 0 bridgehead atoms. The molecule has 1 aliphatic rings. The van der Waals surface area contributed by atoms with Gasteiger partial charge in [-0.25, -0.2) is 0 Å². The number of halogens is 2. The fourth-order valence-electron chi connectivity index (χ4n) is 1.53. The highest BCUT2D eigenvalue weighted by Crippen LogP contribution is 2.11. The van der Waals surface area contributed by atoms with Crippen LogP contribution in [0.2, 0.25) is 0 Å². The molecular weight excluding hydrogens is 211 g/mol. The van der Waals surface area contributed by atoms with Crippen LogP contribution in [0.3, 0.4) is 0 Å². The van der Waals surface area contributed by atoms with Crippen LogP contribution in [0.15, 0.2) is 0 Å². The third-order valence-corrected chi connectivity index (χ3v) is 1.88. The van der Waals surface area contributed by atoms with Gasteiger partial charge in [0.15, 0.2) is 0 Å². The summed E-state index contributed by atoms with van der Waals surface area (Å²) in [5, 5.41) is 9.21. The van der Waals surface area contributed by atoms with E-state index in [4.69, 9.17) is 5.73 Å². The number of nitrogens with zero attached hydrogens (tertiary/aromatic N) is 1. The number of likely N-dealkylation sites (tertiary alicyclic amines) is 1. The molecule has 82 valence electrons. The van der Waals surface area contributed by atoms with E-state index in [1.165, 1.54) is 0 Å². The Kier molecular flexibility index (Phi) is 7.39. The van der Waals surface area contributed by atoms with E-state index in [9.17, 15) is 5.11 Å². The second kappa shape index (κ2) is 6.04. The summed E-state index contributed by atoms with van der Waals surface area (Å²) in [5.41, 5.74) is 5.70. The quantitative estimate of drug-likeness (QED) is 0.733. The largest absolute Gasteiger partial charge is 0.392 e. The van der Waals surface area contributed by atoms with Gasteiger partial charge >= 0.3 is 0 Å². The van der Waals surface area contributed by atoms with Crippen molar-refractivity contribution in [2.45, 2.75) is 31.9 Å². The number of aliphatic hydroxyl groups is 1. The van der Waals surface area contributed by atoms with E-state index in [1.807, 2.05) is 13.8 Å². The van der Waals surface area contributed by atoms with Gasteiger partial charge in [0.1, 0.15) is 0 Å². The van der Waals surface area contributed by atoms with E-state index in [0.29, 0.717) is 0 Å². The Morgan fingerprint density at radius 1 is 1.46 bits per heavy atom. The molecule has 0 aliphatic carbocycles. The summed E-state index contributed by atoms with van der Waals surface area (Å²) < 4.78 is 0. The Morgan fingerprint density at radius 3 is 2.31 bits per heavy atom. The van der Waals surface area contributed by atoms with Gasteiger partial charge in [-0.05, 0) is 20.3 Å². The van der Waals surface area contributed by atoms with Gasteiger partial charge in [0.05, 0.1) is 6.10 Å². The van der Waals surface area contributed by atoms with Crippen LogP contribution in [0.5, 0.6) is 0 Å². The molecule has 1 fully saturated rings. The van der Waals surface area contributed by atoms with Crippen LogP contribution in [-0.4, -0.2) is 41.3 Å². The van der Waals surface area contributed by atoms with Gasteiger partial charge in [-0.3, -0.25) is 4.90 Å². The molecule has 0 spiro atoms. The van der Waals surface area contributed by atoms with Gasteiger partial charge in [0.2, 0.25) is 0 Å². The number of rotatable bonds is 2. The van der Waals surface area contributed by atoms with Crippen molar-refractivity contribution in [2.24, 2.45) is 5.73 Å². The van der Waals surface area contributed by atoms with Crippen molar-refractivity contribution in [3.8, 4) is 0 Å². The molecule has 0 aromatic heterocycles. The standard InChI is InChI=1S/C8H18N2O.2ClH/c1-8(2,9)6-10-4-3-7(11)5-10;;/h7,11H,3-6,9H2,1-2H3;2*1H/t7-;;/m1../s1. The number of hydrogen-bond donors (Lipinski definition) is 2. The summed E-state index contributed by atoms with van der Waals surface area (Å²) in [4.78, 5) is 2.21. The summed E-state index contributed by atoms with van der Waals surface area (Å²) in [5.74, 6) is 0. The van der Waals surface area contributed by atoms with Crippen LogP contribution in [-0.2, 0) is 0 Å². The maximum atomic E-state index is 9.21. The molecule has 3 nitrogen and oxygen atoms in total. The maximum absolute atomic E-state index is 9.21. The lowest BCUT2D eigenvalue weighted by molar-refractivity contribution is 0.169. The zero-order chi connectivity index (χ0) is 8.48. The summed E-state index contributed by atoms with van der Waals surface area (Å²) in [6, 6.07) is 0. The van der Waals surface area contributed by atoms with E-state index < -0.39 is 0 Å². The van der Waals surface area contributed by atoms with Crippen LogP contribution < -0.4 is 5.73 Å². The zero-order valence-electron chi connectivity index (χ0n) is 8.19.